The first-order chi connectivity index (χ1) is 12.5. The zero-order valence-corrected chi connectivity index (χ0v) is 17.1. The first kappa shape index (κ1) is 21.2. The van der Waals surface area contributed by atoms with Crippen molar-refractivity contribution in [2.45, 2.75) is 20.8 Å². The Kier molecular flexibility index (Phi) is 6.48. The lowest BCUT2D eigenvalue weighted by molar-refractivity contribution is -0.130. The summed E-state index contributed by atoms with van der Waals surface area (Å²) in [5.74, 6) is -0.174. The van der Waals surface area contributed by atoms with E-state index >= 15 is 0 Å². The molecule has 0 bridgehead atoms. The number of carbonyl (C=O) groups is 2. The van der Waals surface area contributed by atoms with Gasteiger partial charge in [-0.1, -0.05) is 26.8 Å². The maximum absolute atomic E-state index is 12.3. The van der Waals surface area contributed by atoms with Crippen LogP contribution < -0.4 is 10.6 Å². The van der Waals surface area contributed by atoms with E-state index in [1.54, 1.807) is 23.1 Å². The zero-order valence-electron chi connectivity index (χ0n) is 16.3. The predicted octanol–water partition coefficient (Wildman–Crippen LogP) is 1.19. The second-order valence-electron chi connectivity index (χ2n) is 7.68. The molecule has 9 heteroatoms. The fourth-order valence-electron chi connectivity index (χ4n) is 2.58. The van der Waals surface area contributed by atoms with Crippen LogP contribution in [0, 0.1) is 5.41 Å². The van der Waals surface area contributed by atoms with E-state index in [0.717, 1.165) is 5.69 Å². The molecule has 0 atom stereocenters. The number of carbonyl (C=O) groups excluding carboxylic acids is 2. The van der Waals surface area contributed by atoms with E-state index in [-0.39, 0.29) is 18.4 Å². The van der Waals surface area contributed by atoms with Gasteiger partial charge in [0.1, 0.15) is 0 Å². The average molecular weight is 397 g/mol. The van der Waals surface area contributed by atoms with Crippen LogP contribution in [0.3, 0.4) is 0 Å². The van der Waals surface area contributed by atoms with Gasteiger partial charge in [0.15, 0.2) is 0 Å². The molecule has 1 aliphatic heterocycles. The highest BCUT2D eigenvalue weighted by atomic mass is 32.2. The number of rotatable bonds is 5. The van der Waals surface area contributed by atoms with Crippen molar-refractivity contribution in [1.82, 2.24) is 9.21 Å². The summed E-state index contributed by atoms with van der Waals surface area (Å²) in [7, 11) is -3.21. The third kappa shape index (κ3) is 6.21. The Morgan fingerprint density at radius 3 is 2.22 bits per heavy atom. The number of hydrogen-bond donors (Lipinski definition) is 2. The summed E-state index contributed by atoms with van der Waals surface area (Å²) in [6, 6.07) is 7.19. The second kappa shape index (κ2) is 8.26. The molecule has 0 aromatic heterocycles. The molecule has 1 aromatic carbocycles. The summed E-state index contributed by atoms with van der Waals surface area (Å²) < 4.78 is 24.4. The van der Waals surface area contributed by atoms with E-state index < -0.39 is 15.4 Å². The molecule has 1 heterocycles. The Hall–Kier alpha value is -2.13. The molecule has 0 unspecified atom stereocenters. The summed E-state index contributed by atoms with van der Waals surface area (Å²) in [6.45, 7) is 7.03. The van der Waals surface area contributed by atoms with Crippen molar-refractivity contribution in [1.29, 1.82) is 0 Å². The maximum atomic E-state index is 12.3. The molecule has 1 aliphatic rings. The number of anilines is 2. The minimum atomic E-state index is -3.21. The molecule has 2 rings (SSSR count). The molecular weight excluding hydrogens is 368 g/mol. The normalized spacial score (nSPS) is 16.1. The topological polar surface area (TPSA) is 98.8 Å². The number of piperazine rings is 1. The van der Waals surface area contributed by atoms with Crippen molar-refractivity contribution >= 4 is 33.2 Å². The molecule has 1 fully saturated rings. The van der Waals surface area contributed by atoms with Crippen LogP contribution in [0.15, 0.2) is 24.3 Å². The lowest BCUT2D eigenvalue weighted by Crippen LogP contribution is -2.51. The molecular formula is C18H28N4O4S. The molecule has 2 amide bonds. The van der Waals surface area contributed by atoms with E-state index in [0.29, 0.717) is 31.9 Å². The van der Waals surface area contributed by atoms with Gasteiger partial charge < -0.3 is 15.5 Å². The molecule has 0 spiro atoms. The minimum absolute atomic E-state index is 0.0838. The molecule has 1 saturated heterocycles. The van der Waals surface area contributed by atoms with Gasteiger partial charge in [-0.15, -0.1) is 0 Å². The molecule has 0 aliphatic carbocycles. The third-order valence-corrected chi connectivity index (χ3v) is 5.61. The van der Waals surface area contributed by atoms with Crippen molar-refractivity contribution in [2.75, 3.05) is 49.6 Å². The number of nitrogens with one attached hydrogen (secondary N) is 2. The van der Waals surface area contributed by atoms with Crippen LogP contribution in [0.25, 0.3) is 0 Å². The summed E-state index contributed by atoms with van der Waals surface area (Å²) in [5.41, 5.74) is 0.895. The number of sulfonamides is 1. The highest BCUT2D eigenvalue weighted by Crippen LogP contribution is 2.20. The van der Waals surface area contributed by atoms with Crippen molar-refractivity contribution in [3.05, 3.63) is 24.3 Å². The molecule has 0 radical (unpaired) electrons. The van der Waals surface area contributed by atoms with Gasteiger partial charge in [-0.2, -0.15) is 4.31 Å². The van der Waals surface area contributed by atoms with E-state index in [4.69, 9.17) is 0 Å². The molecule has 1 aromatic rings. The van der Waals surface area contributed by atoms with Gasteiger partial charge in [0.25, 0.3) is 0 Å². The van der Waals surface area contributed by atoms with Crippen molar-refractivity contribution in [3.8, 4) is 0 Å². The maximum Gasteiger partial charge on any atom is 0.241 e. The monoisotopic (exact) mass is 396 g/mol. The standard InChI is InChI=1S/C18H28N4O4S/c1-18(2,3)17(24)20-15-7-5-6-14(12-15)19-13-16(23)21-8-10-22(11-9-21)27(4,25)26/h5-7,12,19H,8-11,13H2,1-4H3,(H,20,24). The van der Waals surface area contributed by atoms with E-state index in [2.05, 4.69) is 10.6 Å². The van der Waals surface area contributed by atoms with Crippen LogP contribution in [-0.2, 0) is 19.6 Å². The van der Waals surface area contributed by atoms with E-state index in [1.165, 1.54) is 10.6 Å². The summed E-state index contributed by atoms with van der Waals surface area (Å²) in [6.07, 6.45) is 1.18. The minimum Gasteiger partial charge on any atom is -0.376 e. The molecule has 27 heavy (non-hydrogen) atoms. The Balaban J connectivity index is 1.87. The first-order valence-corrected chi connectivity index (χ1v) is 10.7. The van der Waals surface area contributed by atoms with Gasteiger partial charge in [-0.05, 0) is 18.2 Å². The summed E-state index contributed by atoms with van der Waals surface area (Å²) in [5, 5.41) is 5.92. The van der Waals surface area contributed by atoms with Crippen LogP contribution in [0.2, 0.25) is 0 Å². The van der Waals surface area contributed by atoms with Crippen molar-refractivity contribution < 1.29 is 18.0 Å². The Morgan fingerprint density at radius 2 is 1.67 bits per heavy atom. The largest absolute Gasteiger partial charge is 0.376 e. The smallest absolute Gasteiger partial charge is 0.241 e. The van der Waals surface area contributed by atoms with Crippen LogP contribution >= 0.6 is 0 Å². The van der Waals surface area contributed by atoms with Crippen LogP contribution in [0.4, 0.5) is 11.4 Å². The van der Waals surface area contributed by atoms with Crippen LogP contribution in [-0.4, -0.2) is 68.4 Å². The summed E-state index contributed by atoms with van der Waals surface area (Å²) in [4.78, 5) is 26.1. The van der Waals surface area contributed by atoms with Gasteiger partial charge in [-0.3, -0.25) is 9.59 Å². The number of benzene rings is 1. The lowest BCUT2D eigenvalue weighted by atomic mass is 9.95. The van der Waals surface area contributed by atoms with Gasteiger partial charge in [-0.25, -0.2) is 8.42 Å². The van der Waals surface area contributed by atoms with E-state index in [9.17, 15) is 18.0 Å². The Bertz CT molecular complexity index is 794. The second-order valence-corrected chi connectivity index (χ2v) is 9.66. The van der Waals surface area contributed by atoms with Gasteiger partial charge in [0.05, 0.1) is 12.8 Å². The Labute approximate surface area is 161 Å². The quantitative estimate of drug-likeness (QED) is 0.779. The third-order valence-electron chi connectivity index (χ3n) is 4.31. The molecule has 150 valence electrons. The lowest BCUT2D eigenvalue weighted by Gasteiger charge is -2.33. The van der Waals surface area contributed by atoms with Crippen molar-refractivity contribution in [3.63, 3.8) is 0 Å². The van der Waals surface area contributed by atoms with Gasteiger partial charge in [0, 0.05) is 43.0 Å². The number of amides is 2. The van der Waals surface area contributed by atoms with Crippen LogP contribution in [0.5, 0.6) is 0 Å². The zero-order chi connectivity index (χ0) is 20.2. The van der Waals surface area contributed by atoms with Gasteiger partial charge in [0.2, 0.25) is 21.8 Å². The first-order valence-electron chi connectivity index (χ1n) is 8.85. The fraction of sp³-hybridized carbons (Fsp3) is 0.556. The van der Waals surface area contributed by atoms with E-state index in [1.807, 2.05) is 26.8 Å². The van der Waals surface area contributed by atoms with Crippen molar-refractivity contribution in [2.24, 2.45) is 5.41 Å². The number of hydrogen-bond acceptors (Lipinski definition) is 5. The number of nitrogens with zero attached hydrogens (tertiary/aromatic N) is 2. The highest BCUT2D eigenvalue weighted by Gasteiger charge is 2.25. The predicted molar refractivity (Wildman–Crippen MR) is 106 cm³/mol. The molecule has 8 nitrogen and oxygen atoms in total. The summed E-state index contributed by atoms with van der Waals surface area (Å²) >= 11 is 0. The molecule has 2 N–H and O–H groups in total. The SMILES string of the molecule is CC(C)(C)C(=O)Nc1cccc(NCC(=O)N2CCN(S(C)(=O)=O)CC2)c1. The highest BCUT2D eigenvalue weighted by molar-refractivity contribution is 7.88. The fourth-order valence-corrected chi connectivity index (χ4v) is 3.41. The Morgan fingerprint density at radius 1 is 1.07 bits per heavy atom. The molecule has 0 saturated carbocycles. The van der Waals surface area contributed by atoms with Crippen LogP contribution in [0.1, 0.15) is 20.8 Å². The van der Waals surface area contributed by atoms with Gasteiger partial charge >= 0.3 is 0 Å². The average Bonchev–Trinajstić information content (AvgIpc) is 2.58.